The molecule has 1 amide bonds. The van der Waals surface area contributed by atoms with E-state index in [0.29, 0.717) is 6.54 Å². The minimum atomic E-state index is -3.53. The van der Waals surface area contributed by atoms with Crippen molar-refractivity contribution in [2.75, 3.05) is 5.75 Å². The lowest BCUT2D eigenvalue weighted by atomic mass is 10.1. The second kappa shape index (κ2) is 8.55. The summed E-state index contributed by atoms with van der Waals surface area (Å²) in [7, 11) is -3.53. The van der Waals surface area contributed by atoms with Crippen LogP contribution in [-0.2, 0) is 21.5 Å². The van der Waals surface area contributed by atoms with Gasteiger partial charge in [-0.15, -0.1) is 11.6 Å². The van der Waals surface area contributed by atoms with Crippen LogP contribution in [0.25, 0.3) is 0 Å². The lowest BCUT2D eigenvalue weighted by Crippen LogP contribution is -2.41. The summed E-state index contributed by atoms with van der Waals surface area (Å²) < 4.78 is 27.8. The van der Waals surface area contributed by atoms with Gasteiger partial charge in [0.15, 0.2) is 0 Å². The van der Waals surface area contributed by atoms with Gasteiger partial charge in [0.05, 0.1) is 5.75 Å². The Bertz CT molecular complexity index is 613. The maximum atomic E-state index is 12.2. The Morgan fingerprint density at radius 1 is 1.22 bits per heavy atom. The van der Waals surface area contributed by atoms with Crippen LogP contribution in [0.5, 0.6) is 5.75 Å². The smallest absolute Gasteiger partial charge is 0.308 e. The van der Waals surface area contributed by atoms with Crippen LogP contribution in [0.1, 0.15) is 39.7 Å². The number of hydrogen-bond donors (Lipinski definition) is 0. The predicted octanol–water partition coefficient (Wildman–Crippen LogP) is 3.17. The zero-order valence-electron chi connectivity index (χ0n) is 14.0. The third-order valence-corrected chi connectivity index (χ3v) is 4.94. The van der Waals surface area contributed by atoms with E-state index in [1.54, 1.807) is 36.1 Å². The Kier molecular flexibility index (Phi) is 7.35. The highest BCUT2D eigenvalue weighted by Crippen LogP contribution is 2.18. The third-order valence-electron chi connectivity index (χ3n) is 3.60. The van der Waals surface area contributed by atoms with Gasteiger partial charge in [0, 0.05) is 12.6 Å². The van der Waals surface area contributed by atoms with Crippen LogP contribution in [-0.4, -0.2) is 36.4 Å². The molecule has 0 fully saturated rings. The molecule has 0 aliphatic heterocycles. The SMILES string of the molecule is CCC(C)N(Cc1ccc(OS(=O)(=O)CC)cc1)C(=O)C(C)Cl. The monoisotopic (exact) mass is 361 g/mol. The number of alkyl halides is 1. The molecule has 1 aromatic rings. The van der Waals surface area contributed by atoms with Crippen LogP contribution >= 0.6 is 11.6 Å². The highest BCUT2D eigenvalue weighted by atomic mass is 35.5. The number of amides is 1. The average molecular weight is 362 g/mol. The molecule has 1 rings (SSSR count). The van der Waals surface area contributed by atoms with Crippen molar-refractivity contribution in [3.05, 3.63) is 29.8 Å². The molecule has 0 bridgehead atoms. The molecule has 0 saturated carbocycles. The van der Waals surface area contributed by atoms with E-state index < -0.39 is 15.5 Å². The van der Waals surface area contributed by atoms with Crippen molar-refractivity contribution >= 4 is 27.6 Å². The van der Waals surface area contributed by atoms with Crippen molar-refractivity contribution in [1.82, 2.24) is 4.90 Å². The van der Waals surface area contributed by atoms with E-state index in [9.17, 15) is 13.2 Å². The summed E-state index contributed by atoms with van der Waals surface area (Å²) in [6, 6.07) is 6.75. The Hall–Kier alpha value is -1.27. The minimum Gasteiger partial charge on any atom is -0.382 e. The molecule has 0 heterocycles. The third kappa shape index (κ3) is 6.03. The Morgan fingerprint density at radius 2 is 1.78 bits per heavy atom. The summed E-state index contributed by atoms with van der Waals surface area (Å²) in [6.45, 7) is 7.59. The van der Waals surface area contributed by atoms with Crippen LogP contribution < -0.4 is 4.18 Å². The van der Waals surface area contributed by atoms with E-state index in [1.165, 1.54) is 6.92 Å². The molecule has 0 radical (unpaired) electrons. The molecule has 130 valence electrons. The topological polar surface area (TPSA) is 63.7 Å². The van der Waals surface area contributed by atoms with Gasteiger partial charge in [-0.25, -0.2) is 0 Å². The molecule has 0 N–H and O–H groups in total. The summed E-state index contributed by atoms with van der Waals surface area (Å²) in [5, 5.41) is -0.582. The Balaban J connectivity index is 2.88. The average Bonchev–Trinajstić information content (AvgIpc) is 2.52. The summed E-state index contributed by atoms with van der Waals surface area (Å²) in [4.78, 5) is 14.0. The van der Waals surface area contributed by atoms with Crippen molar-refractivity contribution in [2.24, 2.45) is 0 Å². The second-order valence-corrected chi connectivity index (χ2v) is 7.93. The quantitative estimate of drug-likeness (QED) is 0.527. The maximum Gasteiger partial charge on any atom is 0.308 e. The van der Waals surface area contributed by atoms with E-state index in [1.807, 2.05) is 13.8 Å². The van der Waals surface area contributed by atoms with Crippen molar-refractivity contribution in [3.8, 4) is 5.75 Å². The zero-order valence-corrected chi connectivity index (χ0v) is 15.5. The largest absolute Gasteiger partial charge is 0.382 e. The van der Waals surface area contributed by atoms with Crippen molar-refractivity contribution in [3.63, 3.8) is 0 Å². The maximum absolute atomic E-state index is 12.2. The van der Waals surface area contributed by atoms with Crippen LogP contribution in [0.4, 0.5) is 0 Å². The van der Waals surface area contributed by atoms with Gasteiger partial charge in [-0.2, -0.15) is 8.42 Å². The van der Waals surface area contributed by atoms with E-state index >= 15 is 0 Å². The second-order valence-electron chi connectivity index (χ2n) is 5.41. The van der Waals surface area contributed by atoms with Gasteiger partial charge in [-0.1, -0.05) is 19.1 Å². The summed E-state index contributed by atoms with van der Waals surface area (Å²) in [5.74, 6) is 0.0659. The number of hydrogen-bond acceptors (Lipinski definition) is 4. The fourth-order valence-electron chi connectivity index (χ4n) is 1.95. The molecule has 2 unspecified atom stereocenters. The minimum absolute atomic E-state index is 0.0695. The summed E-state index contributed by atoms with van der Waals surface area (Å²) >= 11 is 5.93. The van der Waals surface area contributed by atoms with Gasteiger partial charge in [-0.05, 0) is 44.9 Å². The zero-order chi connectivity index (χ0) is 17.6. The van der Waals surface area contributed by atoms with Crippen molar-refractivity contribution in [2.45, 2.75) is 52.1 Å². The first-order chi connectivity index (χ1) is 10.7. The molecule has 1 aromatic carbocycles. The molecule has 0 spiro atoms. The normalized spacial score (nSPS) is 14.1. The van der Waals surface area contributed by atoms with E-state index in [2.05, 4.69) is 0 Å². The molecule has 0 aromatic heterocycles. The van der Waals surface area contributed by atoms with Gasteiger partial charge in [0.25, 0.3) is 0 Å². The molecule has 2 atom stereocenters. The molecule has 23 heavy (non-hydrogen) atoms. The summed E-state index contributed by atoms with van der Waals surface area (Å²) in [5.41, 5.74) is 0.886. The lowest BCUT2D eigenvalue weighted by molar-refractivity contribution is -0.133. The predicted molar refractivity (Wildman–Crippen MR) is 92.1 cm³/mol. The number of benzene rings is 1. The van der Waals surface area contributed by atoms with Gasteiger partial charge in [-0.3, -0.25) is 4.79 Å². The van der Waals surface area contributed by atoms with Crippen LogP contribution in [0.2, 0.25) is 0 Å². The van der Waals surface area contributed by atoms with E-state index in [0.717, 1.165) is 12.0 Å². The molecular formula is C16H24ClNO4S. The van der Waals surface area contributed by atoms with E-state index in [-0.39, 0.29) is 23.5 Å². The van der Waals surface area contributed by atoms with Gasteiger partial charge in [0.1, 0.15) is 11.1 Å². The van der Waals surface area contributed by atoms with Crippen molar-refractivity contribution in [1.29, 1.82) is 0 Å². The first kappa shape index (κ1) is 19.8. The number of carbonyl (C=O) groups is 1. The van der Waals surface area contributed by atoms with Gasteiger partial charge >= 0.3 is 10.1 Å². The standard InChI is InChI=1S/C16H24ClNO4S/c1-5-12(3)18(16(19)13(4)17)11-14-7-9-15(10-8-14)22-23(20,21)6-2/h7-10,12-13H,5-6,11H2,1-4H3. The number of rotatable bonds is 8. The molecule has 7 heteroatoms. The molecule has 0 aliphatic carbocycles. The first-order valence-electron chi connectivity index (χ1n) is 7.65. The molecule has 5 nitrogen and oxygen atoms in total. The van der Waals surface area contributed by atoms with Gasteiger partial charge < -0.3 is 9.08 Å². The van der Waals surface area contributed by atoms with Gasteiger partial charge in [0.2, 0.25) is 5.91 Å². The highest BCUT2D eigenvalue weighted by molar-refractivity contribution is 7.87. The number of carbonyl (C=O) groups excluding carboxylic acids is 1. The lowest BCUT2D eigenvalue weighted by Gasteiger charge is -2.29. The van der Waals surface area contributed by atoms with Crippen LogP contribution in [0.3, 0.4) is 0 Å². The highest BCUT2D eigenvalue weighted by Gasteiger charge is 2.23. The number of halogens is 1. The van der Waals surface area contributed by atoms with Crippen molar-refractivity contribution < 1.29 is 17.4 Å². The fraction of sp³-hybridized carbons (Fsp3) is 0.562. The Morgan fingerprint density at radius 3 is 2.22 bits per heavy atom. The van der Waals surface area contributed by atoms with Crippen LogP contribution in [0, 0.1) is 0 Å². The number of nitrogens with zero attached hydrogens (tertiary/aromatic N) is 1. The molecule has 0 aliphatic rings. The molecular weight excluding hydrogens is 338 g/mol. The van der Waals surface area contributed by atoms with Crippen LogP contribution in [0.15, 0.2) is 24.3 Å². The Labute approximate surface area is 143 Å². The first-order valence-corrected chi connectivity index (χ1v) is 9.67. The fourth-order valence-corrected chi connectivity index (χ4v) is 2.60. The summed E-state index contributed by atoms with van der Waals surface area (Å²) in [6.07, 6.45) is 0.825. The van der Waals surface area contributed by atoms with E-state index in [4.69, 9.17) is 15.8 Å². The molecule has 0 saturated heterocycles.